The van der Waals surface area contributed by atoms with Gasteiger partial charge in [0.2, 0.25) is 0 Å². The van der Waals surface area contributed by atoms with Crippen LogP contribution in [0, 0.1) is 0 Å². The van der Waals surface area contributed by atoms with E-state index in [1.54, 1.807) is 0 Å². The Bertz CT molecular complexity index is 418. The number of aliphatic hydroxyl groups is 1. The molecule has 1 saturated heterocycles. The van der Waals surface area contributed by atoms with Crippen LogP contribution in [-0.4, -0.2) is 29.7 Å². The van der Waals surface area contributed by atoms with Crippen LogP contribution in [0.2, 0.25) is 5.02 Å². The minimum absolute atomic E-state index is 0.0309. The van der Waals surface area contributed by atoms with Crippen molar-refractivity contribution in [2.24, 2.45) is 0 Å². The van der Waals surface area contributed by atoms with Crippen molar-refractivity contribution >= 4 is 11.6 Å². The van der Waals surface area contributed by atoms with Crippen molar-refractivity contribution < 1.29 is 14.6 Å². The molecule has 0 aromatic heterocycles. The van der Waals surface area contributed by atoms with Gasteiger partial charge in [-0.3, -0.25) is 0 Å². The van der Waals surface area contributed by atoms with E-state index >= 15 is 0 Å². The predicted octanol–water partition coefficient (Wildman–Crippen LogP) is 3.18. The summed E-state index contributed by atoms with van der Waals surface area (Å²) in [5, 5.41) is 10.2. The molecule has 0 aliphatic carbocycles. The minimum Gasteiger partial charge on any atom is -0.394 e. The summed E-state index contributed by atoms with van der Waals surface area (Å²) in [6.45, 7) is 4.04. The van der Waals surface area contributed by atoms with Crippen LogP contribution < -0.4 is 0 Å². The Morgan fingerprint density at radius 3 is 2.37 bits per heavy atom. The van der Waals surface area contributed by atoms with Gasteiger partial charge in [-0.2, -0.15) is 0 Å². The first-order valence-corrected chi connectivity index (χ1v) is 7.21. The largest absolute Gasteiger partial charge is 0.394 e. The third-order valence-electron chi connectivity index (χ3n) is 3.78. The molecule has 2 atom stereocenters. The Morgan fingerprint density at radius 1 is 1.16 bits per heavy atom. The monoisotopic (exact) mass is 284 g/mol. The van der Waals surface area contributed by atoms with Gasteiger partial charge in [0.25, 0.3) is 0 Å². The molecule has 1 aliphatic heterocycles. The maximum absolute atomic E-state index is 9.47. The molecule has 0 spiro atoms. The van der Waals surface area contributed by atoms with Crippen molar-refractivity contribution in [2.75, 3.05) is 6.61 Å². The lowest BCUT2D eigenvalue weighted by atomic mass is 10.0. The van der Waals surface area contributed by atoms with Gasteiger partial charge in [0.1, 0.15) is 6.10 Å². The second-order valence-corrected chi connectivity index (χ2v) is 5.32. The summed E-state index contributed by atoms with van der Waals surface area (Å²) in [5.74, 6) is -0.556. The summed E-state index contributed by atoms with van der Waals surface area (Å²) in [5.41, 5.74) is 1.03. The van der Waals surface area contributed by atoms with Crippen molar-refractivity contribution in [3.63, 3.8) is 0 Å². The Kier molecular flexibility index (Phi) is 4.85. The SMILES string of the molecule is CCC1(CC)OC(CO)C(Cc2ccccc2Cl)O1. The number of rotatable bonds is 5. The zero-order valence-electron chi connectivity index (χ0n) is 11.4. The van der Waals surface area contributed by atoms with Crippen LogP contribution in [0.4, 0.5) is 0 Å². The molecule has 1 fully saturated rings. The Balaban J connectivity index is 2.13. The average molecular weight is 285 g/mol. The van der Waals surface area contributed by atoms with Crippen LogP contribution in [0.3, 0.4) is 0 Å². The summed E-state index contributed by atoms with van der Waals surface area (Å²) in [4.78, 5) is 0. The third kappa shape index (κ3) is 3.11. The maximum atomic E-state index is 9.47. The molecule has 2 unspecified atom stereocenters. The van der Waals surface area contributed by atoms with E-state index in [1.165, 1.54) is 0 Å². The van der Waals surface area contributed by atoms with Gasteiger partial charge in [-0.1, -0.05) is 43.6 Å². The Labute approximate surface area is 119 Å². The van der Waals surface area contributed by atoms with Gasteiger partial charge in [0, 0.05) is 11.4 Å². The molecule has 1 heterocycles. The van der Waals surface area contributed by atoms with Gasteiger partial charge in [0.05, 0.1) is 12.7 Å². The van der Waals surface area contributed by atoms with Crippen LogP contribution in [0.15, 0.2) is 24.3 Å². The van der Waals surface area contributed by atoms with E-state index in [2.05, 4.69) is 0 Å². The molecular formula is C15H21ClO3. The predicted molar refractivity (Wildman–Crippen MR) is 75.3 cm³/mol. The molecule has 106 valence electrons. The lowest BCUT2D eigenvalue weighted by molar-refractivity contribution is -0.181. The highest BCUT2D eigenvalue weighted by Gasteiger charge is 2.44. The van der Waals surface area contributed by atoms with Gasteiger partial charge >= 0.3 is 0 Å². The van der Waals surface area contributed by atoms with E-state index in [4.69, 9.17) is 21.1 Å². The fourth-order valence-electron chi connectivity index (χ4n) is 2.52. The second-order valence-electron chi connectivity index (χ2n) is 4.91. The molecule has 0 bridgehead atoms. The Morgan fingerprint density at radius 2 is 1.79 bits per heavy atom. The van der Waals surface area contributed by atoms with Gasteiger partial charge in [0.15, 0.2) is 5.79 Å². The van der Waals surface area contributed by atoms with Crippen LogP contribution in [0.5, 0.6) is 0 Å². The van der Waals surface area contributed by atoms with Gasteiger partial charge in [-0.15, -0.1) is 0 Å². The molecule has 0 radical (unpaired) electrons. The second kappa shape index (κ2) is 6.23. The fraction of sp³-hybridized carbons (Fsp3) is 0.600. The van der Waals surface area contributed by atoms with Gasteiger partial charge in [-0.05, 0) is 24.5 Å². The van der Waals surface area contributed by atoms with Gasteiger partial charge < -0.3 is 14.6 Å². The quantitative estimate of drug-likeness (QED) is 0.902. The van der Waals surface area contributed by atoms with Crippen LogP contribution in [0.1, 0.15) is 32.3 Å². The number of hydrogen-bond donors (Lipinski definition) is 1. The highest BCUT2D eigenvalue weighted by atomic mass is 35.5. The van der Waals surface area contributed by atoms with Crippen LogP contribution in [-0.2, 0) is 15.9 Å². The number of hydrogen-bond acceptors (Lipinski definition) is 3. The standard InChI is InChI=1S/C15H21ClO3/c1-3-15(4-2)18-13(14(10-17)19-15)9-11-7-5-6-8-12(11)16/h5-8,13-14,17H,3-4,9-10H2,1-2H3. The normalized spacial score (nSPS) is 25.7. The van der Waals surface area contributed by atoms with E-state index in [0.29, 0.717) is 6.42 Å². The molecule has 0 saturated carbocycles. The number of benzene rings is 1. The smallest absolute Gasteiger partial charge is 0.168 e. The molecule has 1 N–H and O–H groups in total. The van der Waals surface area contributed by atoms with Crippen molar-refractivity contribution in [1.82, 2.24) is 0 Å². The Hall–Kier alpha value is -0.610. The zero-order chi connectivity index (χ0) is 13.9. The molecule has 1 aliphatic rings. The van der Waals surface area contributed by atoms with Crippen molar-refractivity contribution in [2.45, 2.75) is 51.1 Å². The highest BCUT2D eigenvalue weighted by Crippen LogP contribution is 2.36. The first kappa shape index (κ1) is 14.8. The summed E-state index contributed by atoms with van der Waals surface area (Å²) < 4.78 is 12.0. The molecular weight excluding hydrogens is 264 g/mol. The number of ether oxygens (including phenoxy) is 2. The van der Waals surface area contributed by atoms with Crippen LogP contribution in [0.25, 0.3) is 0 Å². The lowest BCUT2D eigenvalue weighted by Gasteiger charge is -2.25. The fourth-order valence-corrected chi connectivity index (χ4v) is 2.74. The van der Waals surface area contributed by atoms with E-state index in [-0.39, 0.29) is 18.8 Å². The minimum atomic E-state index is -0.556. The third-order valence-corrected chi connectivity index (χ3v) is 4.15. The van der Waals surface area contributed by atoms with Crippen LogP contribution >= 0.6 is 11.6 Å². The van der Waals surface area contributed by atoms with E-state index in [0.717, 1.165) is 23.4 Å². The summed E-state index contributed by atoms with van der Waals surface area (Å²) >= 11 is 6.17. The topological polar surface area (TPSA) is 38.7 Å². The highest BCUT2D eigenvalue weighted by molar-refractivity contribution is 6.31. The first-order valence-electron chi connectivity index (χ1n) is 6.84. The average Bonchev–Trinajstić information content (AvgIpc) is 2.80. The molecule has 0 amide bonds. The molecule has 2 rings (SSSR count). The van der Waals surface area contributed by atoms with Crippen molar-refractivity contribution in [3.8, 4) is 0 Å². The van der Waals surface area contributed by atoms with E-state index < -0.39 is 5.79 Å². The van der Waals surface area contributed by atoms with Crippen molar-refractivity contribution in [3.05, 3.63) is 34.9 Å². The summed E-state index contributed by atoms with van der Waals surface area (Å²) in [7, 11) is 0. The molecule has 1 aromatic rings. The van der Waals surface area contributed by atoms with Crippen molar-refractivity contribution in [1.29, 1.82) is 0 Å². The summed E-state index contributed by atoms with van der Waals surface area (Å²) in [6, 6.07) is 7.72. The summed E-state index contributed by atoms with van der Waals surface area (Å²) in [6.07, 6.45) is 1.78. The lowest BCUT2D eigenvalue weighted by Crippen LogP contribution is -2.29. The molecule has 3 nitrogen and oxygen atoms in total. The van der Waals surface area contributed by atoms with Gasteiger partial charge in [-0.25, -0.2) is 0 Å². The molecule has 19 heavy (non-hydrogen) atoms. The van der Waals surface area contributed by atoms with E-state index in [9.17, 15) is 5.11 Å². The molecule has 4 heteroatoms. The number of aliphatic hydroxyl groups excluding tert-OH is 1. The maximum Gasteiger partial charge on any atom is 0.168 e. The number of halogens is 1. The molecule has 1 aromatic carbocycles. The zero-order valence-corrected chi connectivity index (χ0v) is 12.2. The first-order chi connectivity index (χ1) is 9.14. The van der Waals surface area contributed by atoms with E-state index in [1.807, 2.05) is 38.1 Å².